The lowest BCUT2D eigenvalue weighted by atomic mass is 9.97. The molecular weight excluding hydrogens is 274 g/mol. The van der Waals surface area contributed by atoms with Crippen LogP contribution < -0.4 is 4.72 Å². The molecule has 2 N–H and O–H groups in total. The first-order valence-corrected chi connectivity index (χ1v) is 8.08. The summed E-state index contributed by atoms with van der Waals surface area (Å²) in [5.74, 6) is 0.897. The first-order valence-electron chi connectivity index (χ1n) is 6.06. The number of aryl methyl sites for hydroxylation is 1. The summed E-state index contributed by atoms with van der Waals surface area (Å²) in [6.45, 7) is 5.74. The first kappa shape index (κ1) is 15.5. The summed E-state index contributed by atoms with van der Waals surface area (Å²) in [5, 5.41) is 0.0933. The third kappa shape index (κ3) is 3.24. The Hall–Kier alpha value is -0.590. The number of hydrogen-bond acceptors (Lipinski definition) is 3. The van der Waals surface area contributed by atoms with Gasteiger partial charge in [-0.1, -0.05) is 20.8 Å². The van der Waals surface area contributed by atoms with Crippen molar-refractivity contribution < 1.29 is 8.42 Å². The Morgan fingerprint density at radius 1 is 1.39 bits per heavy atom. The maximum atomic E-state index is 12.2. The normalized spacial score (nSPS) is 12.9. The highest BCUT2D eigenvalue weighted by Crippen LogP contribution is 2.20. The van der Waals surface area contributed by atoms with Crippen molar-refractivity contribution in [3.8, 4) is 0 Å². The van der Waals surface area contributed by atoms with E-state index in [0.29, 0.717) is 25.1 Å². The van der Waals surface area contributed by atoms with Crippen LogP contribution in [0.3, 0.4) is 0 Å². The molecule has 1 rings (SSSR count). The summed E-state index contributed by atoms with van der Waals surface area (Å²) >= 11 is 5.90. The van der Waals surface area contributed by atoms with E-state index in [2.05, 4.69) is 14.7 Å². The largest absolute Gasteiger partial charge is 0.332 e. The number of aromatic nitrogens is 2. The van der Waals surface area contributed by atoms with Gasteiger partial charge in [-0.05, 0) is 12.8 Å². The lowest BCUT2D eigenvalue weighted by molar-refractivity contribution is 0.393. The standard InChI is InChI=1S/C11H20ClN3O2S/c1-4-9-13-7-10(14-9)18(16,17)15-11(5-2,6-3)8-12/h7,15H,4-6,8H2,1-3H3,(H,13,14). The predicted molar refractivity (Wildman–Crippen MR) is 72.3 cm³/mol. The van der Waals surface area contributed by atoms with Crippen LogP contribution in [0.5, 0.6) is 0 Å². The Balaban J connectivity index is 3.00. The van der Waals surface area contributed by atoms with Gasteiger partial charge in [0.05, 0.1) is 6.20 Å². The van der Waals surface area contributed by atoms with E-state index in [1.807, 2.05) is 20.8 Å². The molecule has 0 saturated heterocycles. The van der Waals surface area contributed by atoms with E-state index in [-0.39, 0.29) is 10.9 Å². The molecular formula is C11H20ClN3O2S. The molecule has 0 atom stereocenters. The first-order chi connectivity index (χ1) is 8.43. The topological polar surface area (TPSA) is 74.8 Å². The Morgan fingerprint density at radius 3 is 2.39 bits per heavy atom. The van der Waals surface area contributed by atoms with Crippen molar-refractivity contribution in [2.45, 2.75) is 50.6 Å². The van der Waals surface area contributed by atoms with Crippen LogP contribution in [0.1, 0.15) is 39.4 Å². The number of rotatable bonds is 7. The fraction of sp³-hybridized carbons (Fsp3) is 0.727. The number of aromatic amines is 1. The highest BCUT2D eigenvalue weighted by atomic mass is 35.5. The zero-order valence-electron chi connectivity index (χ0n) is 11.0. The predicted octanol–water partition coefficient (Wildman–Crippen LogP) is 2.05. The molecule has 104 valence electrons. The quantitative estimate of drug-likeness (QED) is 0.756. The molecule has 1 aromatic heterocycles. The van der Waals surface area contributed by atoms with Gasteiger partial charge in [-0.15, -0.1) is 11.6 Å². The maximum absolute atomic E-state index is 12.2. The Morgan fingerprint density at radius 2 is 2.00 bits per heavy atom. The lowest BCUT2D eigenvalue weighted by Crippen LogP contribution is -2.49. The van der Waals surface area contributed by atoms with Crippen molar-refractivity contribution in [3.63, 3.8) is 0 Å². The molecule has 0 amide bonds. The maximum Gasteiger partial charge on any atom is 0.258 e. The summed E-state index contributed by atoms with van der Waals surface area (Å²) in [6.07, 6.45) is 3.28. The minimum atomic E-state index is -3.60. The highest BCUT2D eigenvalue weighted by Gasteiger charge is 2.32. The molecule has 0 saturated carbocycles. The molecule has 0 aliphatic carbocycles. The van der Waals surface area contributed by atoms with Gasteiger partial charge in [-0.2, -0.15) is 0 Å². The summed E-state index contributed by atoms with van der Waals surface area (Å²) in [6, 6.07) is 0. The minimum absolute atomic E-state index is 0.0933. The molecule has 7 heteroatoms. The molecule has 0 unspecified atom stereocenters. The number of hydrogen-bond donors (Lipinski definition) is 2. The third-order valence-corrected chi connectivity index (χ3v) is 5.19. The number of nitrogens with one attached hydrogen (secondary N) is 2. The van der Waals surface area contributed by atoms with Gasteiger partial charge >= 0.3 is 0 Å². The molecule has 0 aliphatic heterocycles. The van der Waals surface area contributed by atoms with E-state index < -0.39 is 15.6 Å². The summed E-state index contributed by atoms with van der Waals surface area (Å²) in [7, 11) is -3.60. The third-order valence-electron chi connectivity index (χ3n) is 3.19. The molecule has 0 fully saturated rings. The van der Waals surface area contributed by atoms with Crippen molar-refractivity contribution in [2.24, 2.45) is 0 Å². The van der Waals surface area contributed by atoms with Crippen LogP contribution in [0.25, 0.3) is 0 Å². The fourth-order valence-corrected chi connectivity index (χ4v) is 3.62. The van der Waals surface area contributed by atoms with Crippen LogP contribution in [0.15, 0.2) is 11.2 Å². The van der Waals surface area contributed by atoms with E-state index in [1.165, 1.54) is 6.20 Å². The zero-order chi connectivity index (χ0) is 13.8. The fourth-order valence-electron chi connectivity index (χ4n) is 1.61. The van der Waals surface area contributed by atoms with Gasteiger partial charge in [0.25, 0.3) is 10.0 Å². The molecule has 0 spiro atoms. The van der Waals surface area contributed by atoms with Gasteiger partial charge in [0, 0.05) is 17.8 Å². The van der Waals surface area contributed by atoms with Crippen LogP contribution in [-0.4, -0.2) is 29.8 Å². The van der Waals surface area contributed by atoms with E-state index in [4.69, 9.17) is 11.6 Å². The highest BCUT2D eigenvalue weighted by molar-refractivity contribution is 7.89. The number of imidazole rings is 1. The number of nitrogens with zero attached hydrogens (tertiary/aromatic N) is 1. The summed E-state index contributed by atoms with van der Waals surface area (Å²) < 4.78 is 27.1. The number of alkyl halides is 1. The molecule has 0 radical (unpaired) electrons. The Kier molecular flexibility index (Phi) is 5.19. The van der Waals surface area contributed by atoms with Crippen LogP contribution >= 0.6 is 11.6 Å². The van der Waals surface area contributed by atoms with E-state index in [1.54, 1.807) is 0 Å². The smallest absolute Gasteiger partial charge is 0.258 e. The summed E-state index contributed by atoms with van der Waals surface area (Å²) in [5.41, 5.74) is -0.599. The lowest BCUT2D eigenvalue weighted by Gasteiger charge is -2.29. The number of halogens is 1. The molecule has 5 nitrogen and oxygen atoms in total. The van der Waals surface area contributed by atoms with Crippen LogP contribution in [0.2, 0.25) is 0 Å². The van der Waals surface area contributed by atoms with Crippen molar-refractivity contribution in [1.82, 2.24) is 14.7 Å². The van der Waals surface area contributed by atoms with Gasteiger partial charge in [-0.3, -0.25) is 0 Å². The Labute approximate surface area is 113 Å². The molecule has 0 aromatic carbocycles. The van der Waals surface area contributed by atoms with E-state index in [9.17, 15) is 8.42 Å². The van der Waals surface area contributed by atoms with Crippen LogP contribution in [0.4, 0.5) is 0 Å². The summed E-state index contributed by atoms with van der Waals surface area (Å²) in [4.78, 5) is 6.79. The van der Waals surface area contributed by atoms with Crippen molar-refractivity contribution >= 4 is 21.6 Å². The average Bonchev–Trinajstić information content (AvgIpc) is 2.85. The monoisotopic (exact) mass is 293 g/mol. The second-order valence-corrected chi connectivity index (χ2v) is 6.19. The molecule has 0 bridgehead atoms. The SMILES string of the molecule is CCc1ncc(S(=O)(=O)NC(CC)(CC)CCl)[nH]1. The van der Waals surface area contributed by atoms with Gasteiger partial charge in [0.2, 0.25) is 0 Å². The second-order valence-electron chi connectivity index (χ2n) is 4.27. The average molecular weight is 294 g/mol. The van der Waals surface area contributed by atoms with Gasteiger partial charge in [-0.25, -0.2) is 18.1 Å². The molecule has 1 heterocycles. The molecule has 18 heavy (non-hydrogen) atoms. The zero-order valence-corrected chi connectivity index (χ0v) is 12.5. The number of H-pyrrole nitrogens is 1. The van der Waals surface area contributed by atoms with Crippen LogP contribution in [-0.2, 0) is 16.4 Å². The van der Waals surface area contributed by atoms with Crippen molar-refractivity contribution in [2.75, 3.05) is 5.88 Å². The van der Waals surface area contributed by atoms with Crippen LogP contribution in [0, 0.1) is 0 Å². The number of sulfonamides is 1. The minimum Gasteiger partial charge on any atom is -0.332 e. The second kappa shape index (κ2) is 6.04. The van der Waals surface area contributed by atoms with Crippen molar-refractivity contribution in [1.29, 1.82) is 0 Å². The van der Waals surface area contributed by atoms with Crippen molar-refractivity contribution in [3.05, 3.63) is 12.0 Å². The molecule has 1 aromatic rings. The van der Waals surface area contributed by atoms with Gasteiger partial charge in [0.1, 0.15) is 5.82 Å². The van der Waals surface area contributed by atoms with Gasteiger partial charge < -0.3 is 4.98 Å². The molecule has 0 aliphatic rings. The Bertz CT molecular complexity index is 472. The van der Waals surface area contributed by atoms with E-state index >= 15 is 0 Å². The van der Waals surface area contributed by atoms with E-state index in [0.717, 1.165) is 0 Å². The van der Waals surface area contributed by atoms with Gasteiger partial charge in [0.15, 0.2) is 5.03 Å².